The summed E-state index contributed by atoms with van der Waals surface area (Å²) >= 11 is 0. The molecule has 0 aromatic heterocycles. The van der Waals surface area contributed by atoms with Gasteiger partial charge in [-0.05, 0) is 45.2 Å². The van der Waals surface area contributed by atoms with Gasteiger partial charge in [0.2, 0.25) is 0 Å². The molecule has 1 fully saturated rings. The maximum Gasteiger partial charge on any atom is 0.146 e. The highest BCUT2D eigenvalue weighted by Gasteiger charge is 2.24. The van der Waals surface area contributed by atoms with Gasteiger partial charge >= 0.3 is 0 Å². The fourth-order valence-corrected chi connectivity index (χ4v) is 2.93. The van der Waals surface area contributed by atoms with Gasteiger partial charge in [0, 0.05) is 25.2 Å². The first kappa shape index (κ1) is 15.3. The number of anilines is 1. The highest BCUT2D eigenvalue weighted by molar-refractivity contribution is 5.55. The van der Waals surface area contributed by atoms with Crippen LogP contribution >= 0.6 is 0 Å². The molecule has 3 heteroatoms. The van der Waals surface area contributed by atoms with Crippen LogP contribution in [0.3, 0.4) is 0 Å². The van der Waals surface area contributed by atoms with E-state index in [9.17, 15) is 4.39 Å². The first-order chi connectivity index (χ1) is 9.38. The van der Waals surface area contributed by atoms with Gasteiger partial charge in [0.1, 0.15) is 5.82 Å². The smallest absolute Gasteiger partial charge is 0.146 e. The van der Waals surface area contributed by atoms with Gasteiger partial charge in [-0.25, -0.2) is 4.39 Å². The second kappa shape index (κ2) is 6.13. The number of para-hydroxylation sites is 1. The maximum atomic E-state index is 14.3. The van der Waals surface area contributed by atoms with Crippen LogP contribution in [0.1, 0.15) is 52.0 Å². The Morgan fingerprint density at radius 2 is 1.90 bits per heavy atom. The molecule has 20 heavy (non-hydrogen) atoms. The van der Waals surface area contributed by atoms with Crippen molar-refractivity contribution in [2.75, 3.05) is 11.9 Å². The molecule has 2 nitrogen and oxygen atoms in total. The highest BCUT2D eigenvalue weighted by atomic mass is 19.1. The van der Waals surface area contributed by atoms with Gasteiger partial charge in [0.05, 0.1) is 5.69 Å². The molecule has 1 aromatic rings. The van der Waals surface area contributed by atoms with Crippen LogP contribution in [0.2, 0.25) is 0 Å². The molecule has 0 unspecified atom stereocenters. The van der Waals surface area contributed by atoms with E-state index < -0.39 is 0 Å². The van der Waals surface area contributed by atoms with Gasteiger partial charge in [0.25, 0.3) is 0 Å². The van der Waals surface area contributed by atoms with Crippen LogP contribution in [0.4, 0.5) is 10.1 Å². The van der Waals surface area contributed by atoms with Crippen LogP contribution in [-0.2, 0) is 6.54 Å². The molecule has 1 saturated carbocycles. The number of halogens is 1. The van der Waals surface area contributed by atoms with Crippen LogP contribution in [-0.4, -0.2) is 18.6 Å². The van der Waals surface area contributed by atoms with Gasteiger partial charge in [-0.1, -0.05) is 25.0 Å². The number of hydrogen-bond acceptors (Lipinski definition) is 2. The predicted molar refractivity (Wildman–Crippen MR) is 83.7 cm³/mol. The van der Waals surface area contributed by atoms with Crippen LogP contribution in [0.5, 0.6) is 0 Å². The van der Waals surface area contributed by atoms with Crippen molar-refractivity contribution in [1.29, 1.82) is 0 Å². The Morgan fingerprint density at radius 3 is 2.50 bits per heavy atom. The molecule has 0 saturated heterocycles. The Balaban J connectivity index is 2.21. The Bertz CT molecular complexity index is 445. The van der Waals surface area contributed by atoms with Gasteiger partial charge in [-0.2, -0.15) is 0 Å². The average Bonchev–Trinajstić information content (AvgIpc) is 2.88. The molecule has 0 heterocycles. The summed E-state index contributed by atoms with van der Waals surface area (Å²) < 4.78 is 14.3. The van der Waals surface area contributed by atoms with E-state index in [1.807, 2.05) is 13.1 Å². The lowest BCUT2D eigenvalue weighted by molar-refractivity contribution is 0.423. The highest BCUT2D eigenvalue weighted by Crippen LogP contribution is 2.31. The molecule has 112 valence electrons. The zero-order chi connectivity index (χ0) is 14.8. The number of hydrogen-bond donors (Lipinski definition) is 1. The second-order valence-corrected chi connectivity index (χ2v) is 6.90. The quantitative estimate of drug-likeness (QED) is 0.892. The van der Waals surface area contributed by atoms with Crippen molar-refractivity contribution in [2.45, 2.75) is 64.6 Å². The molecule has 0 spiro atoms. The molecule has 1 aliphatic carbocycles. The van der Waals surface area contributed by atoms with Gasteiger partial charge in [-0.15, -0.1) is 0 Å². The summed E-state index contributed by atoms with van der Waals surface area (Å²) in [6, 6.07) is 5.89. The fourth-order valence-electron chi connectivity index (χ4n) is 2.93. The van der Waals surface area contributed by atoms with Crippen molar-refractivity contribution < 1.29 is 4.39 Å². The first-order valence-electron chi connectivity index (χ1n) is 7.64. The molecule has 0 bridgehead atoms. The van der Waals surface area contributed by atoms with Crippen LogP contribution in [0.15, 0.2) is 18.2 Å². The zero-order valence-electron chi connectivity index (χ0n) is 13.2. The van der Waals surface area contributed by atoms with Gasteiger partial charge in [0.15, 0.2) is 0 Å². The third-order valence-corrected chi connectivity index (χ3v) is 4.10. The summed E-state index contributed by atoms with van der Waals surface area (Å²) in [5, 5.41) is 3.46. The molecular formula is C17H27FN2. The summed E-state index contributed by atoms with van der Waals surface area (Å²) in [6.45, 7) is 7.10. The van der Waals surface area contributed by atoms with E-state index in [0.29, 0.717) is 12.6 Å². The monoisotopic (exact) mass is 278 g/mol. The number of nitrogens with one attached hydrogen (secondary N) is 1. The minimum Gasteiger partial charge on any atom is -0.369 e. The predicted octanol–water partition coefficient (Wildman–Crippen LogP) is 4.09. The minimum atomic E-state index is -0.104. The van der Waals surface area contributed by atoms with E-state index in [-0.39, 0.29) is 11.4 Å². The molecule has 2 rings (SSSR count). The van der Waals surface area contributed by atoms with E-state index in [1.165, 1.54) is 25.7 Å². The molecule has 1 aromatic carbocycles. The van der Waals surface area contributed by atoms with Crippen molar-refractivity contribution in [2.24, 2.45) is 0 Å². The van der Waals surface area contributed by atoms with Crippen LogP contribution < -0.4 is 10.2 Å². The summed E-state index contributed by atoms with van der Waals surface area (Å²) in [7, 11) is 2.04. The van der Waals surface area contributed by atoms with E-state index in [0.717, 1.165) is 11.3 Å². The average molecular weight is 278 g/mol. The Kier molecular flexibility index (Phi) is 4.69. The summed E-state index contributed by atoms with van der Waals surface area (Å²) in [5.74, 6) is -0.104. The number of nitrogens with zero attached hydrogens (tertiary/aromatic N) is 1. The fraction of sp³-hybridized carbons (Fsp3) is 0.647. The third-order valence-electron chi connectivity index (χ3n) is 4.10. The molecule has 0 aliphatic heterocycles. The first-order valence-corrected chi connectivity index (χ1v) is 7.64. The second-order valence-electron chi connectivity index (χ2n) is 6.90. The Labute approximate surface area is 122 Å². The summed E-state index contributed by atoms with van der Waals surface area (Å²) in [5.41, 5.74) is 1.86. The van der Waals surface area contributed by atoms with Crippen LogP contribution in [0.25, 0.3) is 0 Å². The van der Waals surface area contributed by atoms with Crippen molar-refractivity contribution >= 4 is 5.69 Å². The lowest BCUT2D eigenvalue weighted by Crippen LogP contribution is -2.36. The largest absolute Gasteiger partial charge is 0.369 e. The normalized spacial score (nSPS) is 16.6. The van der Waals surface area contributed by atoms with Gasteiger partial charge in [-0.3, -0.25) is 0 Å². The molecule has 1 aliphatic rings. The van der Waals surface area contributed by atoms with E-state index in [1.54, 1.807) is 12.1 Å². The lowest BCUT2D eigenvalue weighted by atomic mass is 10.1. The van der Waals surface area contributed by atoms with Crippen molar-refractivity contribution in [3.05, 3.63) is 29.6 Å². The van der Waals surface area contributed by atoms with Crippen molar-refractivity contribution in [3.8, 4) is 0 Å². The third kappa shape index (κ3) is 3.72. The van der Waals surface area contributed by atoms with Crippen molar-refractivity contribution in [3.63, 3.8) is 0 Å². The molecule has 0 radical (unpaired) electrons. The topological polar surface area (TPSA) is 15.3 Å². The standard InChI is InChI=1S/C17H27FN2/c1-17(2,3)19-12-13-8-7-11-15(18)16(13)20(4)14-9-5-6-10-14/h7-8,11,14,19H,5-6,9-10,12H2,1-4H3. The number of rotatable bonds is 4. The summed E-state index contributed by atoms with van der Waals surface area (Å²) in [6.07, 6.45) is 4.88. The van der Waals surface area contributed by atoms with E-state index in [4.69, 9.17) is 0 Å². The zero-order valence-corrected chi connectivity index (χ0v) is 13.2. The summed E-state index contributed by atoms with van der Waals surface area (Å²) in [4.78, 5) is 2.15. The van der Waals surface area contributed by atoms with Gasteiger partial charge < -0.3 is 10.2 Å². The molecule has 0 atom stereocenters. The number of benzene rings is 1. The lowest BCUT2D eigenvalue weighted by Gasteiger charge is -2.30. The molecule has 1 N–H and O–H groups in total. The molecule has 0 amide bonds. The Hall–Kier alpha value is -1.09. The maximum absolute atomic E-state index is 14.3. The van der Waals surface area contributed by atoms with E-state index in [2.05, 4.69) is 31.0 Å². The Morgan fingerprint density at radius 1 is 1.25 bits per heavy atom. The van der Waals surface area contributed by atoms with E-state index >= 15 is 0 Å². The molecular weight excluding hydrogens is 251 g/mol. The van der Waals surface area contributed by atoms with Crippen LogP contribution in [0, 0.1) is 5.82 Å². The minimum absolute atomic E-state index is 0.0372. The SMILES string of the molecule is CN(c1c(F)cccc1CNC(C)(C)C)C1CCCC1. The van der Waals surface area contributed by atoms with Crippen molar-refractivity contribution in [1.82, 2.24) is 5.32 Å².